The molecule has 164 valence electrons. The third kappa shape index (κ3) is 4.98. The Labute approximate surface area is 196 Å². The van der Waals surface area contributed by atoms with E-state index < -0.39 is 0 Å². The number of nitrogens with zero attached hydrogens (tertiary/aromatic N) is 4. The van der Waals surface area contributed by atoms with Gasteiger partial charge in [0.1, 0.15) is 10.8 Å². The van der Waals surface area contributed by atoms with E-state index in [1.807, 2.05) is 36.7 Å². The summed E-state index contributed by atoms with van der Waals surface area (Å²) < 4.78 is 17.4. The van der Waals surface area contributed by atoms with Gasteiger partial charge in [0.15, 0.2) is 10.9 Å². The Morgan fingerprint density at radius 3 is 2.47 bits per heavy atom. The molecule has 0 aliphatic carbocycles. The quantitative estimate of drug-likeness (QED) is 0.371. The Bertz CT molecular complexity index is 1250. The van der Waals surface area contributed by atoms with Crippen LogP contribution >= 0.6 is 23.8 Å². The first kappa shape index (κ1) is 22.0. The highest BCUT2D eigenvalue weighted by Gasteiger charge is 2.15. The number of anilines is 2. The van der Waals surface area contributed by atoms with Crippen molar-refractivity contribution >= 4 is 40.4 Å². The fourth-order valence-corrected chi connectivity index (χ4v) is 3.80. The number of nitrogens with one attached hydrogen (secondary N) is 2. The number of aryl methyl sites for hydroxylation is 1. The summed E-state index contributed by atoms with van der Waals surface area (Å²) in [5, 5.41) is 16.0. The fourth-order valence-electron chi connectivity index (χ4n) is 3.40. The third-order valence-electron chi connectivity index (χ3n) is 5.03. The Morgan fingerprint density at radius 1 is 1.00 bits per heavy atom. The average molecular weight is 469 g/mol. The Balaban J connectivity index is 1.44. The standard InChI is InChI=1S/C23H22ClFN6S/c1-15-21(16(2)31(28-15)12-17-8-4-3-5-9-17)26-23(32)27-22-19(24)14-30(29-22)13-18-10-6-7-11-20(18)25/h3-11,14H,12-13H2,1-2H3,(H2,26,27,29,32). The predicted molar refractivity (Wildman–Crippen MR) is 130 cm³/mol. The van der Waals surface area contributed by atoms with Gasteiger partial charge in [0.05, 0.1) is 30.2 Å². The molecule has 0 saturated heterocycles. The zero-order chi connectivity index (χ0) is 22.7. The number of halogens is 2. The minimum absolute atomic E-state index is 0.263. The van der Waals surface area contributed by atoms with E-state index in [0.29, 0.717) is 28.1 Å². The minimum atomic E-state index is -0.288. The summed E-state index contributed by atoms with van der Waals surface area (Å²) in [5.74, 6) is 0.108. The lowest BCUT2D eigenvalue weighted by Crippen LogP contribution is -2.20. The van der Waals surface area contributed by atoms with Crippen LogP contribution in [0.4, 0.5) is 15.9 Å². The second-order valence-corrected chi connectivity index (χ2v) is 8.20. The van der Waals surface area contributed by atoms with E-state index in [1.165, 1.54) is 6.07 Å². The molecule has 2 aromatic heterocycles. The van der Waals surface area contributed by atoms with Crippen LogP contribution in [0, 0.1) is 19.7 Å². The SMILES string of the molecule is Cc1nn(Cc2ccccc2)c(C)c1NC(=S)Nc1nn(Cc2ccccc2F)cc1Cl. The fraction of sp³-hybridized carbons (Fsp3) is 0.174. The van der Waals surface area contributed by atoms with Crippen molar-refractivity contribution in [3.05, 3.63) is 94.1 Å². The van der Waals surface area contributed by atoms with Crippen LogP contribution in [0.2, 0.25) is 5.02 Å². The van der Waals surface area contributed by atoms with Crippen LogP contribution < -0.4 is 10.6 Å². The van der Waals surface area contributed by atoms with E-state index in [-0.39, 0.29) is 12.4 Å². The smallest absolute Gasteiger partial charge is 0.176 e. The van der Waals surface area contributed by atoms with E-state index in [2.05, 4.69) is 33.0 Å². The van der Waals surface area contributed by atoms with Gasteiger partial charge in [0.25, 0.3) is 0 Å². The molecule has 0 aliphatic heterocycles. The lowest BCUT2D eigenvalue weighted by molar-refractivity contribution is 0.586. The maximum atomic E-state index is 13.9. The van der Waals surface area contributed by atoms with E-state index in [0.717, 1.165) is 22.6 Å². The van der Waals surface area contributed by atoms with Crippen LogP contribution in [-0.4, -0.2) is 24.7 Å². The molecule has 0 amide bonds. The number of rotatable bonds is 6. The van der Waals surface area contributed by atoms with Gasteiger partial charge in [0.2, 0.25) is 0 Å². The number of aromatic nitrogens is 4. The summed E-state index contributed by atoms with van der Waals surface area (Å²) in [6, 6.07) is 16.7. The number of hydrogen-bond acceptors (Lipinski definition) is 3. The molecule has 4 aromatic rings. The number of hydrogen-bond donors (Lipinski definition) is 2. The van der Waals surface area contributed by atoms with Crippen molar-refractivity contribution in [1.82, 2.24) is 19.6 Å². The summed E-state index contributed by atoms with van der Waals surface area (Å²) in [7, 11) is 0. The molecule has 0 bridgehead atoms. The molecule has 0 fully saturated rings. The molecule has 0 unspecified atom stereocenters. The first-order valence-corrected chi connectivity index (χ1v) is 10.8. The van der Waals surface area contributed by atoms with Crippen LogP contribution in [0.1, 0.15) is 22.5 Å². The molecular weight excluding hydrogens is 447 g/mol. The van der Waals surface area contributed by atoms with E-state index in [9.17, 15) is 4.39 Å². The lowest BCUT2D eigenvalue weighted by atomic mass is 10.2. The Hall–Kier alpha value is -3.23. The van der Waals surface area contributed by atoms with Crippen molar-refractivity contribution in [2.24, 2.45) is 0 Å². The Kier molecular flexibility index (Phi) is 6.53. The van der Waals surface area contributed by atoms with Crippen LogP contribution in [-0.2, 0) is 13.1 Å². The van der Waals surface area contributed by atoms with E-state index in [1.54, 1.807) is 29.1 Å². The summed E-state index contributed by atoms with van der Waals surface area (Å²) in [6.07, 6.45) is 1.63. The van der Waals surface area contributed by atoms with E-state index in [4.69, 9.17) is 23.8 Å². The molecule has 0 atom stereocenters. The van der Waals surface area contributed by atoms with Crippen LogP contribution in [0.15, 0.2) is 60.8 Å². The molecule has 0 aliphatic rings. The number of benzene rings is 2. The van der Waals surface area contributed by atoms with Gasteiger partial charge in [-0.1, -0.05) is 60.1 Å². The maximum absolute atomic E-state index is 13.9. The van der Waals surface area contributed by atoms with Gasteiger partial charge in [0, 0.05) is 11.8 Å². The normalized spacial score (nSPS) is 10.9. The zero-order valence-corrected chi connectivity index (χ0v) is 19.2. The molecule has 4 rings (SSSR count). The second kappa shape index (κ2) is 9.50. The van der Waals surface area contributed by atoms with Gasteiger partial charge in [-0.05, 0) is 37.7 Å². The van der Waals surface area contributed by atoms with Crippen molar-refractivity contribution in [3.8, 4) is 0 Å². The molecule has 2 N–H and O–H groups in total. The molecule has 32 heavy (non-hydrogen) atoms. The minimum Gasteiger partial charge on any atom is -0.329 e. The lowest BCUT2D eigenvalue weighted by Gasteiger charge is -2.10. The highest BCUT2D eigenvalue weighted by atomic mass is 35.5. The highest BCUT2D eigenvalue weighted by Crippen LogP contribution is 2.23. The largest absolute Gasteiger partial charge is 0.329 e. The molecule has 9 heteroatoms. The highest BCUT2D eigenvalue weighted by molar-refractivity contribution is 7.80. The number of thiocarbonyl (C=S) groups is 1. The molecule has 6 nitrogen and oxygen atoms in total. The van der Waals surface area contributed by atoms with Gasteiger partial charge in [-0.2, -0.15) is 10.2 Å². The van der Waals surface area contributed by atoms with Gasteiger partial charge < -0.3 is 10.6 Å². The van der Waals surface area contributed by atoms with Crippen molar-refractivity contribution in [3.63, 3.8) is 0 Å². The molecule has 0 radical (unpaired) electrons. The zero-order valence-electron chi connectivity index (χ0n) is 17.6. The third-order valence-corrected chi connectivity index (χ3v) is 5.52. The van der Waals surface area contributed by atoms with Gasteiger partial charge in [-0.3, -0.25) is 9.36 Å². The second-order valence-electron chi connectivity index (χ2n) is 7.38. The summed E-state index contributed by atoms with van der Waals surface area (Å²) in [6.45, 7) is 4.85. The van der Waals surface area contributed by atoms with Crippen molar-refractivity contribution in [2.45, 2.75) is 26.9 Å². The molecule has 2 heterocycles. The van der Waals surface area contributed by atoms with Crippen LogP contribution in [0.3, 0.4) is 0 Å². The van der Waals surface area contributed by atoms with Crippen LogP contribution in [0.5, 0.6) is 0 Å². The summed E-state index contributed by atoms with van der Waals surface area (Å²) >= 11 is 11.8. The molecule has 0 spiro atoms. The summed E-state index contributed by atoms with van der Waals surface area (Å²) in [4.78, 5) is 0. The molecule has 2 aromatic carbocycles. The van der Waals surface area contributed by atoms with Gasteiger partial charge in [-0.25, -0.2) is 4.39 Å². The van der Waals surface area contributed by atoms with E-state index >= 15 is 0 Å². The van der Waals surface area contributed by atoms with Gasteiger partial charge in [-0.15, -0.1) is 0 Å². The first-order valence-electron chi connectivity index (χ1n) is 10.0. The van der Waals surface area contributed by atoms with Crippen molar-refractivity contribution in [1.29, 1.82) is 0 Å². The van der Waals surface area contributed by atoms with Crippen molar-refractivity contribution < 1.29 is 4.39 Å². The average Bonchev–Trinajstić information content (AvgIpc) is 3.23. The molecule has 0 saturated carbocycles. The van der Waals surface area contributed by atoms with Crippen LogP contribution in [0.25, 0.3) is 0 Å². The predicted octanol–water partition coefficient (Wildman–Crippen LogP) is 5.39. The summed E-state index contributed by atoms with van der Waals surface area (Å²) in [5.41, 5.74) is 4.32. The molecular formula is C23H22ClFN6S. The topological polar surface area (TPSA) is 59.7 Å². The van der Waals surface area contributed by atoms with Gasteiger partial charge >= 0.3 is 0 Å². The maximum Gasteiger partial charge on any atom is 0.176 e. The Morgan fingerprint density at radius 2 is 1.72 bits per heavy atom. The monoisotopic (exact) mass is 468 g/mol. The first-order chi connectivity index (χ1) is 15.4. The van der Waals surface area contributed by atoms with Crippen molar-refractivity contribution in [2.75, 3.05) is 10.6 Å².